The SMILES string of the molecule is CC(CN)C(=O)N1CCC(C(N)=O)C1. The average Bonchev–Trinajstić information content (AvgIpc) is 2.64. The van der Waals surface area contributed by atoms with Crippen LogP contribution in [-0.2, 0) is 9.59 Å². The van der Waals surface area contributed by atoms with E-state index in [-0.39, 0.29) is 23.7 Å². The van der Waals surface area contributed by atoms with E-state index in [0.717, 1.165) is 0 Å². The van der Waals surface area contributed by atoms with Crippen molar-refractivity contribution in [1.29, 1.82) is 0 Å². The van der Waals surface area contributed by atoms with E-state index in [2.05, 4.69) is 0 Å². The van der Waals surface area contributed by atoms with Crippen molar-refractivity contribution in [3.05, 3.63) is 0 Å². The molecule has 0 bridgehead atoms. The van der Waals surface area contributed by atoms with E-state index in [1.165, 1.54) is 0 Å². The van der Waals surface area contributed by atoms with Crippen molar-refractivity contribution in [2.75, 3.05) is 19.6 Å². The molecule has 0 aliphatic carbocycles. The largest absolute Gasteiger partial charge is 0.369 e. The molecule has 1 rings (SSSR count). The van der Waals surface area contributed by atoms with Gasteiger partial charge in [0, 0.05) is 25.6 Å². The van der Waals surface area contributed by atoms with Crippen molar-refractivity contribution in [3.8, 4) is 0 Å². The van der Waals surface area contributed by atoms with Crippen LogP contribution in [0.2, 0.25) is 0 Å². The molecule has 1 fully saturated rings. The molecule has 14 heavy (non-hydrogen) atoms. The molecule has 1 saturated heterocycles. The zero-order valence-corrected chi connectivity index (χ0v) is 8.40. The Morgan fingerprint density at radius 2 is 2.21 bits per heavy atom. The van der Waals surface area contributed by atoms with Crippen LogP contribution in [0.3, 0.4) is 0 Å². The van der Waals surface area contributed by atoms with Crippen LogP contribution in [0, 0.1) is 11.8 Å². The molecule has 5 heteroatoms. The molecule has 0 aromatic rings. The molecule has 0 spiro atoms. The van der Waals surface area contributed by atoms with Gasteiger partial charge in [0.05, 0.1) is 5.92 Å². The van der Waals surface area contributed by atoms with Crippen molar-refractivity contribution < 1.29 is 9.59 Å². The van der Waals surface area contributed by atoms with Gasteiger partial charge in [0.15, 0.2) is 0 Å². The number of rotatable bonds is 3. The lowest BCUT2D eigenvalue weighted by Crippen LogP contribution is -2.37. The minimum atomic E-state index is -0.319. The van der Waals surface area contributed by atoms with Crippen LogP contribution >= 0.6 is 0 Å². The van der Waals surface area contributed by atoms with Crippen LogP contribution in [0.4, 0.5) is 0 Å². The maximum Gasteiger partial charge on any atom is 0.226 e. The molecule has 1 aliphatic rings. The standard InChI is InChI=1S/C9H17N3O2/c1-6(4-10)9(14)12-3-2-7(5-12)8(11)13/h6-7H,2-5,10H2,1H3,(H2,11,13). The van der Waals surface area contributed by atoms with E-state index in [1.807, 2.05) is 0 Å². The quantitative estimate of drug-likeness (QED) is 0.605. The van der Waals surface area contributed by atoms with E-state index in [0.29, 0.717) is 26.1 Å². The van der Waals surface area contributed by atoms with Gasteiger partial charge in [0.1, 0.15) is 0 Å². The lowest BCUT2D eigenvalue weighted by Gasteiger charge is -2.19. The molecule has 0 aromatic heterocycles. The highest BCUT2D eigenvalue weighted by molar-refractivity contribution is 5.82. The predicted molar refractivity (Wildman–Crippen MR) is 52.1 cm³/mol. The fourth-order valence-electron chi connectivity index (χ4n) is 1.61. The first-order valence-corrected chi connectivity index (χ1v) is 4.84. The fourth-order valence-corrected chi connectivity index (χ4v) is 1.61. The monoisotopic (exact) mass is 199 g/mol. The average molecular weight is 199 g/mol. The Hall–Kier alpha value is -1.10. The summed E-state index contributed by atoms with van der Waals surface area (Å²) in [5.41, 5.74) is 10.6. The second-order valence-corrected chi connectivity index (χ2v) is 3.81. The molecule has 2 atom stereocenters. The summed E-state index contributed by atoms with van der Waals surface area (Å²) in [7, 11) is 0. The molecule has 0 saturated carbocycles. The summed E-state index contributed by atoms with van der Waals surface area (Å²) in [4.78, 5) is 24.2. The summed E-state index contributed by atoms with van der Waals surface area (Å²) in [6.45, 7) is 3.21. The van der Waals surface area contributed by atoms with Gasteiger partial charge in [-0.05, 0) is 6.42 Å². The molecule has 4 N–H and O–H groups in total. The molecule has 80 valence electrons. The minimum Gasteiger partial charge on any atom is -0.369 e. The van der Waals surface area contributed by atoms with Gasteiger partial charge in [-0.15, -0.1) is 0 Å². The van der Waals surface area contributed by atoms with Gasteiger partial charge in [-0.2, -0.15) is 0 Å². The summed E-state index contributed by atoms with van der Waals surface area (Å²) in [6, 6.07) is 0. The van der Waals surface area contributed by atoms with E-state index in [1.54, 1.807) is 11.8 Å². The van der Waals surface area contributed by atoms with Crippen molar-refractivity contribution >= 4 is 11.8 Å². The number of amides is 2. The van der Waals surface area contributed by atoms with Gasteiger partial charge in [0.25, 0.3) is 0 Å². The number of hydrogen-bond donors (Lipinski definition) is 2. The topological polar surface area (TPSA) is 89.4 Å². The second-order valence-electron chi connectivity index (χ2n) is 3.81. The lowest BCUT2D eigenvalue weighted by atomic mass is 10.1. The summed E-state index contributed by atoms with van der Waals surface area (Å²) < 4.78 is 0. The summed E-state index contributed by atoms with van der Waals surface area (Å²) in [5, 5.41) is 0. The Morgan fingerprint density at radius 1 is 1.57 bits per heavy atom. The third-order valence-corrected chi connectivity index (χ3v) is 2.68. The van der Waals surface area contributed by atoms with E-state index >= 15 is 0 Å². The first kappa shape index (κ1) is 11.0. The van der Waals surface area contributed by atoms with E-state index in [4.69, 9.17) is 11.5 Å². The van der Waals surface area contributed by atoms with Gasteiger partial charge in [-0.3, -0.25) is 9.59 Å². The Balaban J connectivity index is 2.49. The van der Waals surface area contributed by atoms with Crippen molar-refractivity contribution in [1.82, 2.24) is 4.90 Å². The molecule has 2 amide bonds. The fraction of sp³-hybridized carbons (Fsp3) is 0.778. The molecule has 1 heterocycles. The molecule has 5 nitrogen and oxygen atoms in total. The van der Waals surface area contributed by atoms with Crippen LogP contribution in [0.5, 0.6) is 0 Å². The highest BCUT2D eigenvalue weighted by atomic mass is 16.2. The number of carbonyl (C=O) groups is 2. The Labute approximate surface area is 83.4 Å². The number of nitrogens with zero attached hydrogens (tertiary/aromatic N) is 1. The van der Waals surface area contributed by atoms with Gasteiger partial charge in [-0.25, -0.2) is 0 Å². The maximum absolute atomic E-state index is 11.6. The predicted octanol–water partition coefficient (Wildman–Crippen LogP) is -1.08. The van der Waals surface area contributed by atoms with Crippen LogP contribution in [0.1, 0.15) is 13.3 Å². The Morgan fingerprint density at radius 3 is 2.64 bits per heavy atom. The van der Waals surface area contributed by atoms with Crippen LogP contribution in [0.25, 0.3) is 0 Å². The van der Waals surface area contributed by atoms with Crippen molar-refractivity contribution in [2.45, 2.75) is 13.3 Å². The molecule has 2 unspecified atom stereocenters. The van der Waals surface area contributed by atoms with E-state index < -0.39 is 0 Å². The zero-order valence-electron chi connectivity index (χ0n) is 8.40. The molecule has 0 aromatic carbocycles. The summed E-state index contributed by atoms with van der Waals surface area (Å²) in [6.07, 6.45) is 0.679. The Bertz CT molecular complexity index is 242. The number of primary amides is 1. The zero-order chi connectivity index (χ0) is 10.7. The molecular weight excluding hydrogens is 182 g/mol. The van der Waals surface area contributed by atoms with Crippen molar-refractivity contribution in [3.63, 3.8) is 0 Å². The van der Waals surface area contributed by atoms with Gasteiger partial charge in [-0.1, -0.05) is 6.92 Å². The van der Waals surface area contributed by atoms with Gasteiger partial charge in [0.2, 0.25) is 11.8 Å². The van der Waals surface area contributed by atoms with E-state index in [9.17, 15) is 9.59 Å². The first-order chi connectivity index (χ1) is 6.56. The lowest BCUT2D eigenvalue weighted by molar-refractivity contribution is -0.133. The Kier molecular flexibility index (Phi) is 3.46. The third-order valence-electron chi connectivity index (χ3n) is 2.68. The summed E-state index contributed by atoms with van der Waals surface area (Å²) in [5.74, 6) is -0.637. The highest BCUT2D eigenvalue weighted by Gasteiger charge is 2.31. The molecule has 1 aliphatic heterocycles. The summed E-state index contributed by atoms with van der Waals surface area (Å²) >= 11 is 0. The smallest absolute Gasteiger partial charge is 0.226 e. The van der Waals surface area contributed by atoms with Crippen molar-refractivity contribution in [2.24, 2.45) is 23.3 Å². The van der Waals surface area contributed by atoms with Gasteiger partial charge >= 0.3 is 0 Å². The maximum atomic E-state index is 11.6. The van der Waals surface area contributed by atoms with Crippen LogP contribution in [0.15, 0.2) is 0 Å². The van der Waals surface area contributed by atoms with Crippen LogP contribution < -0.4 is 11.5 Å². The minimum absolute atomic E-state index is 0.0243. The van der Waals surface area contributed by atoms with Crippen LogP contribution in [-0.4, -0.2) is 36.3 Å². The highest BCUT2D eigenvalue weighted by Crippen LogP contribution is 2.17. The number of nitrogens with two attached hydrogens (primary N) is 2. The molecule has 0 radical (unpaired) electrons. The second kappa shape index (κ2) is 4.41. The molecular formula is C9H17N3O2. The number of carbonyl (C=O) groups excluding carboxylic acids is 2. The number of likely N-dealkylation sites (tertiary alicyclic amines) is 1. The third kappa shape index (κ3) is 2.23. The normalized spacial score (nSPS) is 23.6. The number of hydrogen-bond acceptors (Lipinski definition) is 3. The van der Waals surface area contributed by atoms with Gasteiger partial charge < -0.3 is 16.4 Å². The first-order valence-electron chi connectivity index (χ1n) is 4.84.